The number of allylic oxidation sites excluding steroid dienone is 4. The van der Waals surface area contributed by atoms with Gasteiger partial charge in [0.25, 0.3) is 0 Å². The number of hydrogen-bond donors (Lipinski definition) is 0. The average molecular weight is 633 g/mol. The van der Waals surface area contributed by atoms with Crippen LogP contribution in [0.4, 0.5) is 0 Å². The molecule has 0 atom stereocenters. The van der Waals surface area contributed by atoms with Gasteiger partial charge in [-0.25, -0.2) is 0 Å². The van der Waals surface area contributed by atoms with Crippen molar-refractivity contribution in [2.75, 3.05) is 0 Å². The minimum absolute atomic E-state index is 0. The van der Waals surface area contributed by atoms with Crippen LogP contribution in [0.15, 0.2) is 87.3 Å². The van der Waals surface area contributed by atoms with Gasteiger partial charge in [0.05, 0.1) is 5.70 Å². The van der Waals surface area contributed by atoms with Crippen molar-refractivity contribution in [3.63, 3.8) is 0 Å². The van der Waals surface area contributed by atoms with Crippen molar-refractivity contribution in [2.24, 2.45) is 4.99 Å². The first-order valence-corrected chi connectivity index (χ1v) is 16.8. The Balaban J connectivity index is 0.000000163. The van der Waals surface area contributed by atoms with Crippen molar-refractivity contribution in [3.8, 4) is 5.75 Å². The molecular weight excluding hydrogens is 593 g/mol. The van der Waals surface area contributed by atoms with Crippen LogP contribution in [-0.4, -0.2) is 13.8 Å². The normalized spacial score (nSPS) is 16.5. The number of aliphatic imine (C=N–C) groups is 1. The summed E-state index contributed by atoms with van der Waals surface area (Å²) in [5, 5.41) is 18.4. The third-order valence-corrected chi connectivity index (χ3v) is 11.6. The molecule has 3 aliphatic rings. The van der Waals surface area contributed by atoms with E-state index in [1.54, 1.807) is 16.5 Å². The Hall–Kier alpha value is -1.87. The number of hydrogen-bond acceptors (Lipinski definition) is 2. The Morgan fingerprint density at radius 2 is 1.54 bits per heavy atom. The summed E-state index contributed by atoms with van der Waals surface area (Å²) in [7, 11) is -1.17. The summed E-state index contributed by atoms with van der Waals surface area (Å²) in [6.07, 6.45) is 4.44. The van der Waals surface area contributed by atoms with Gasteiger partial charge in [-0.05, 0) is 45.3 Å². The molecule has 3 aromatic carbocycles. The summed E-state index contributed by atoms with van der Waals surface area (Å²) in [4.78, 5) is 4.56. The van der Waals surface area contributed by atoms with E-state index in [-0.39, 0.29) is 42.8 Å². The van der Waals surface area contributed by atoms with Crippen LogP contribution in [0.1, 0.15) is 65.2 Å². The van der Waals surface area contributed by atoms with E-state index in [0.717, 1.165) is 11.1 Å². The molecule has 0 radical (unpaired) electrons. The minimum Gasteiger partial charge on any atom is -0.872 e. The Labute approximate surface area is 260 Å². The maximum absolute atomic E-state index is 11.9. The molecule has 0 unspecified atom stereocenters. The van der Waals surface area contributed by atoms with Gasteiger partial charge in [0, 0.05) is 16.3 Å². The SMILES string of the molecule is CC(C)(C)c1ccc([O-])c(C(C)(C)C)c1Cl.CC1=NC2=CC=C3C2=C1[Si]3(C)C.Cc1cc2ccccc2[cH-]1.[Zr+2]. The number of fused-ring (bicyclic) bond motifs is 1. The number of nitrogens with zero attached hydrogens (tertiary/aromatic N) is 1. The van der Waals surface area contributed by atoms with E-state index in [0.29, 0.717) is 5.02 Å². The maximum Gasteiger partial charge on any atom is 2.00 e. The summed E-state index contributed by atoms with van der Waals surface area (Å²) in [6.45, 7) is 21.5. The van der Waals surface area contributed by atoms with Gasteiger partial charge in [-0.15, -0.1) is 46.4 Å². The van der Waals surface area contributed by atoms with Crippen molar-refractivity contribution in [2.45, 2.75) is 79.3 Å². The Morgan fingerprint density at radius 3 is 2.13 bits per heavy atom. The molecule has 5 heteroatoms. The molecule has 0 saturated carbocycles. The first-order valence-electron chi connectivity index (χ1n) is 13.4. The van der Waals surface area contributed by atoms with Gasteiger partial charge in [-0.1, -0.05) is 97.4 Å². The standard InChI is InChI=1S/C14H21ClO.C10H11NSi.C10H9.Zr/c1-13(2,3)9-7-8-10(16)11(12(9)15)14(4,5)6;1-6-10-9-7(11-6)4-5-8(9)12(10,2)3;1-8-6-9-4-2-3-5-10(9)7-8;/h7-8,16H,1-6H3;4-5H,1-3H3;2-7H,1H3;/q;;-1;+2/p-1. The van der Waals surface area contributed by atoms with E-state index < -0.39 is 8.07 Å². The van der Waals surface area contributed by atoms with Crippen LogP contribution < -0.4 is 5.11 Å². The fourth-order valence-electron chi connectivity index (χ4n) is 5.74. The Bertz CT molecular complexity index is 1500. The van der Waals surface area contributed by atoms with Crippen LogP contribution in [0.5, 0.6) is 5.75 Å². The van der Waals surface area contributed by atoms with Crippen LogP contribution in [0.25, 0.3) is 10.8 Å². The third kappa shape index (κ3) is 6.09. The molecule has 0 saturated heterocycles. The van der Waals surface area contributed by atoms with E-state index in [9.17, 15) is 5.11 Å². The molecule has 6 rings (SSSR count). The topological polar surface area (TPSA) is 35.4 Å². The van der Waals surface area contributed by atoms with E-state index in [1.165, 1.54) is 33.3 Å². The molecule has 2 aliphatic heterocycles. The summed E-state index contributed by atoms with van der Waals surface area (Å²) < 4.78 is 0. The largest absolute Gasteiger partial charge is 2.00 e. The summed E-state index contributed by atoms with van der Waals surface area (Å²) in [5.41, 5.74) is 6.86. The molecule has 0 spiro atoms. The van der Waals surface area contributed by atoms with Crippen molar-refractivity contribution >= 4 is 36.2 Å². The van der Waals surface area contributed by atoms with E-state index in [2.05, 4.69) is 101 Å². The zero-order valence-electron chi connectivity index (χ0n) is 25.0. The fraction of sp³-hybridized carbons (Fsp3) is 0.353. The average Bonchev–Trinajstić information content (AvgIpc) is 3.41. The second kappa shape index (κ2) is 11.2. The smallest absolute Gasteiger partial charge is 0.872 e. The Kier molecular flexibility index (Phi) is 9.08. The zero-order chi connectivity index (χ0) is 28.2. The molecule has 0 N–H and O–H groups in total. The quantitative estimate of drug-likeness (QED) is 0.180. The summed E-state index contributed by atoms with van der Waals surface area (Å²) in [6, 6.07) is 16.3. The summed E-state index contributed by atoms with van der Waals surface area (Å²) >= 11 is 6.38. The molecule has 0 fully saturated rings. The predicted octanol–water partition coefficient (Wildman–Crippen LogP) is 9.26. The van der Waals surface area contributed by atoms with Crippen molar-refractivity contribution in [1.29, 1.82) is 0 Å². The van der Waals surface area contributed by atoms with E-state index in [4.69, 9.17) is 11.6 Å². The van der Waals surface area contributed by atoms with Crippen molar-refractivity contribution in [1.82, 2.24) is 0 Å². The molecule has 0 amide bonds. The number of aryl methyl sites for hydroxylation is 1. The predicted molar refractivity (Wildman–Crippen MR) is 166 cm³/mol. The Morgan fingerprint density at radius 1 is 0.897 bits per heavy atom. The van der Waals surface area contributed by atoms with Crippen LogP contribution in [0, 0.1) is 6.92 Å². The van der Waals surface area contributed by atoms with Gasteiger partial charge >= 0.3 is 26.2 Å². The third-order valence-electron chi connectivity index (χ3n) is 7.56. The first-order chi connectivity index (χ1) is 17.5. The molecule has 3 aromatic rings. The van der Waals surface area contributed by atoms with Crippen LogP contribution >= 0.6 is 11.6 Å². The van der Waals surface area contributed by atoms with Gasteiger partial charge < -0.3 is 5.11 Å². The van der Waals surface area contributed by atoms with Gasteiger partial charge in [0.2, 0.25) is 0 Å². The molecular formula is C34H40ClNOSiZr. The number of halogens is 1. The minimum atomic E-state index is -1.17. The van der Waals surface area contributed by atoms with Crippen LogP contribution in [-0.2, 0) is 37.0 Å². The van der Waals surface area contributed by atoms with E-state index >= 15 is 0 Å². The maximum atomic E-state index is 11.9. The van der Waals surface area contributed by atoms with Crippen molar-refractivity contribution in [3.05, 3.63) is 104 Å². The molecule has 2 heterocycles. The molecule has 0 bridgehead atoms. The molecule has 202 valence electrons. The fourth-order valence-corrected chi connectivity index (χ4v) is 9.77. The summed E-state index contributed by atoms with van der Waals surface area (Å²) in [5.74, 6) is 0.0329. The second-order valence-electron chi connectivity index (χ2n) is 13.2. The van der Waals surface area contributed by atoms with Gasteiger partial charge in [-0.2, -0.15) is 6.07 Å². The molecule has 2 nitrogen and oxygen atoms in total. The van der Waals surface area contributed by atoms with Crippen LogP contribution in [0.3, 0.4) is 0 Å². The monoisotopic (exact) mass is 631 g/mol. The first kappa shape index (κ1) is 31.7. The number of benzene rings is 2. The molecule has 39 heavy (non-hydrogen) atoms. The zero-order valence-corrected chi connectivity index (χ0v) is 29.2. The second-order valence-corrected chi connectivity index (χ2v) is 17.8. The molecule has 0 aromatic heterocycles. The van der Waals surface area contributed by atoms with Crippen LogP contribution in [0.2, 0.25) is 18.1 Å². The van der Waals surface area contributed by atoms with Crippen molar-refractivity contribution < 1.29 is 31.3 Å². The number of rotatable bonds is 0. The van der Waals surface area contributed by atoms with Gasteiger partial charge in [0.15, 0.2) is 0 Å². The van der Waals surface area contributed by atoms with Gasteiger partial charge in [0.1, 0.15) is 8.07 Å². The van der Waals surface area contributed by atoms with Gasteiger partial charge in [-0.3, -0.25) is 4.99 Å². The van der Waals surface area contributed by atoms with E-state index in [1.807, 2.05) is 26.8 Å². The molecule has 1 aliphatic carbocycles.